The Labute approximate surface area is 154 Å². The molecule has 6 heteroatoms. The number of hydrogen-bond acceptors (Lipinski definition) is 3. The number of H-pyrrole nitrogens is 1. The molecule has 1 N–H and O–H groups in total. The van der Waals surface area contributed by atoms with Crippen LogP contribution in [0.2, 0.25) is 10.0 Å². The molecule has 3 nitrogen and oxygen atoms in total. The van der Waals surface area contributed by atoms with Crippen molar-refractivity contribution >= 4 is 35.0 Å². The minimum absolute atomic E-state index is 0.609. The van der Waals surface area contributed by atoms with Crippen molar-refractivity contribution in [3.05, 3.63) is 52.3 Å². The lowest BCUT2D eigenvalue weighted by atomic mass is 10.0. The maximum Gasteiger partial charge on any atom is 0.187 e. The van der Waals surface area contributed by atoms with Gasteiger partial charge in [0.1, 0.15) is 0 Å². The fraction of sp³-hybridized carbons (Fsp3) is 0.222. The molecule has 0 atom stereocenters. The van der Waals surface area contributed by atoms with Gasteiger partial charge in [-0.15, -0.1) is 0 Å². The first-order valence-corrected chi connectivity index (χ1v) is 9.69. The molecule has 122 valence electrons. The second kappa shape index (κ2) is 6.43. The van der Waals surface area contributed by atoms with E-state index in [2.05, 4.69) is 21.0 Å². The van der Waals surface area contributed by atoms with Gasteiger partial charge in [-0.2, -0.15) is 0 Å². The number of aromatic nitrogens is 3. The molecule has 1 aliphatic carbocycles. The van der Waals surface area contributed by atoms with Crippen LogP contribution in [0.15, 0.2) is 41.7 Å². The normalized spacial score (nSPS) is 14.1. The Kier molecular flexibility index (Phi) is 4.29. The van der Waals surface area contributed by atoms with E-state index in [9.17, 15) is 0 Å². The Balaban J connectivity index is 1.90. The molecule has 3 aromatic rings. The minimum Gasteiger partial charge on any atom is -0.356 e. The SMILES string of the molecule is CSc1nccc(-c2[nH]c(C3CC3)cc2-c2cc(Cl)ccc2Cl)n1. The maximum atomic E-state index is 6.44. The van der Waals surface area contributed by atoms with Crippen molar-refractivity contribution in [2.45, 2.75) is 23.9 Å². The van der Waals surface area contributed by atoms with Gasteiger partial charge in [0.2, 0.25) is 0 Å². The number of aromatic amines is 1. The molecular formula is C18H15Cl2N3S. The summed E-state index contributed by atoms with van der Waals surface area (Å²) in [6, 6.07) is 9.65. The van der Waals surface area contributed by atoms with Crippen LogP contribution in [0.4, 0.5) is 0 Å². The van der Waals surface area contributed by atoms with Crippen LogP contribution in [-0.4, -0.2) is 21.2 Å². The van der Waals surface area contributed by atoms with Gasteiger partial charge in [0.15, 0.2) is 5.16 Å². The van der Waals surface area contributed by atoms with Crippen LogP contribution in [0.25, 0.3) is 22.5 Å². The Hall–Kier alpha value is -1.49. The molecule has 2 heterocycles. The van der Waals surface area contributed by atoms with Gasteiger partial charge in [0, 0.05) is 33.1 Å². The van der Waals surface area contributed by atoms with E-state index in [1.54, 1.807) is 12.3 Å². The molecule has 1 aromatic carbocycles. The third-order valence-electron chi connectivity index (χ3n) is 4.15. The molecule has 0 unspecified atom stereocenters. The topological polar surface area (TPSA) is 41.6 Å². The molecule has 0 amide bonds. The molecule has 4 rings (SSSR count). The molecule has 1 fully saturated rings. The van der Waals surface area contributed by atoms with Gasteiger partial charge in [-0.1, -0.05) is 35.0 Å². The lowest BCUT2D eigenvalue weighted by Gasteiger charge is -2.07. The van der Waals surface area contributed by atoms with Crippen LogP contribution >= 0.6 is 35.0 Å². The minimum atomic E-state index is 0.609. The van der Waals surface area contributed by atoms with Crippen molar-refractivity contribution in [1.82, 2.24) is 15.0 Å². The Bertz CT molecular complexity index is 903. The third kappa shape index (κ3) is 3.06. The summed E-state index contributed by atoms with van der Waals surface area (Å²) in [6.45, 7) is 0. The van der Waals surface area contributed by atoms with Crippen molar-refractivity contribution in [2.24, 2.45) is 0 Å². The Morgan fingerprint density at radius 1 is 1.12 bits per heavy atom. The number of nitrogens with one attached hydrogen (secondary N) is 1. The zero-order valence-corrected chi connectivity index (χ0v) is 15.3. The molecule has 0 saturated heterocycles. The number of benzene rings is 1. The summed E-state index contributed by atoms with van der Waals surface area (Å²) in [5.41, 5.74) is 5.04. The summed E-state index contributed by atoms with van der Waals surface area (Å²) in [4.78, 5) is 12.5. The van der Waals surface area contributed by atoms with Gasteiger partial charge in [-0.25, -0.2) is 9.97 Å². The van der Waals surface area contributed by atoms with Crippen LogP contribution < -0.4 is 0 Å². The highest BCUT2D eigenvalue weighted by molar-refractivity contribution is 7.98. The number of nitrogens with zero attached hydrogens (tertiary/aromatic N) is 2. The molecule has 0 radical (unpaired) electrons. The van der Waals surface area contributed by atoms with Crippen LogP contribution in [0.3, 0.4) is 0 Å². The van der Waals surface area contributed by atoms with E-state index >= 15 is 0 Å². The summed E-state index contributed by atoms with van der Waals surface area (Å²) >= 11 is 14.2. The van der Waals surface area contributed by atoms with Crippen LogP contribution in [0.5, 0.6) is 0 Å². The number of hydrogen-bond donors (Lipinski definition) is 1. The van der Waals surface area contributed by atoms with E-state index in [0.29, 0.717) is 16.0 Å². The zero-order chi connectivity index (χ0) is 16.7. The van der Waals surface area contributed by atoms with Crippen molar-refractivity contribution in [3.63, 3.8) is 0 Å². The molecular weight excluding hydrogens is 361 g/mol. The smallest absolute Gasteiger partial charge is 0.187 e. The molecule has 2 aromatic heterocycles. The zero-order valence-electron chi connectivity index (χ0n) is 13.0. The van der Waals surface area contributed by atoms with Gasteiger partial charge in [-0.05, 0) is 55.3 Å². The first-order valence-electron chi connectivity index (χ1n) is 7.71. The molecule has 1 saturated carbocycles. The van der Waals surface area contributed by atoms with Gasteiger partial charge >= 0.3 is 0 Å². The fourth-order valence-electron chi connectivity index (χ4n) is 2.79. The predicted octanol–water partition coefficient (Wildman–Crippen LogP) is 6.04. The molecule has 1 aliphatic rings. The maximum absolute atomic E-state index is 6.44. The van der Waals surface area contributed by atoms with Gasteiger partial charge in [0.25, 0.3) is 0 Å². The van der Waals surface area contributed by atoms with Gasteiger partial charge in [-0.3, -0.25) is 0 Å². The fourth-order valence-corrected chi connectivity index (χ4v) is 3.53. The summed E-state index contributed by atoms with van der Waals surface area (Å²) in [6.07, 6.45) is 6.21. The molecule has 24 heavy (non-hydrogen) atoms. The van der Waals surface area contributed by atoms with Crippen molar-refractivity contribution < 1.29 is 0 Å². The van der Waals surface area contributed by atoms with Gasteiger partial charge < -0.3 is 4.98 Å². The predicted molar refractivity (Wildman–Crippen MR) is 101 cm³/mol. The average Bonchev–Trinajstić information content (AvgIpc) is 3.36. The first-order chi connectivity index (χ1) is 11.7. The summed E-state index contributed by atoms with van der Waals surface area (Å²) in [7, 11) is 0. The van der Waals surface area contributed by atoms with Crippen molar-refractivity contribution in [3.8, 4) is 22.5 Å². The second-order valence-electron chi connectivity index (χ2n) is 5.84. The van der Waals surface area contributed by atoms with Crippen molar-refractivity contribution in [2.75, 3.05) is 6.26 Å². The molecule has 0 bridgehead atoms. The van der Waals surface area contributed by atoms with E-state index in [-0.39, 0.29) is 0 Å². The summed E-state index contributed by atoms with van der Waals surface area (Å²) in [5, 5.41) is 2.10. The lowest BCUT2D eigenvalue weighted by Crippen LogP contribution is -1.91. The number of halogens is 2. The number of thioether (sulfide) groups is 1. The summed E-state index contributed by atoms with van der Waals surface area (Å²) in [5.74, 6) is 0.609. The monoisotopic (exact) mass is 375 g/mol. The summed E-state index contributed by atoms with van der Waals surface area (Å²) < 4.78 is 0. The number of rotatable bonds is 4. The van der Waals surface area contributed by atoms with Crippen molar-refractivity contribution in [1.29, 1.82) is 0 Å². The standard InChI is InChI=1S/C18H15Cl2N3S/c1-24-18-21-7-6-15(23-18)17-13(9-16(22-17)10-2-3-10)12-8-11(19)4-5-14(12)20/h4-10,22H,2-3H2,1H3. The Morgan fingerprint density at radius 3 is 2.71 bits per heavy atom. The highest BCUT2D eigenvalue weighted by Crippen LogP contribution is 2.44. The first kappa shape index (κ1) is 16.0. The van der Waals surface area contributed by atoms with Crippen LogP contribution in [0, 0.1) is 0 Å². The van der Waals surface area contributed by atoms with Crippen LogP contribution in [0.1, 0.15) is 24.5 Å². The Morgan fingerprint density at radius 2 is 1.96 bits per heavy atom. The van der Waals surface area contributed by atoms with E-state index < -0.39 is 0 Å². The van der Waals surface area contributed by atoms with E-state index in [1.807, 2.05) is 24.5 Å². The second-order valence-corrected chi connectivity index (χ2v) is 7.46. The van der Waals surface area contributed by atoms with E-state index in [1.165, 1.54) is 30.3 Å². The van der Waals surface area contributed by atoms with E-state index in [4.69, 9.17) is 23.2 Å². The molecule has 0 spiro atoms. The molecule has 0 aliphatic heterocycles. The quantitative estimate of drug-likeness (QED) is 0.446. The van der Waals surface area contributed by atoms with Gasteiger partial charge in [0.05, 0.1) is 11.4 Å². The average molecular weight is 376 g/mol. The van der Waals surface area contributed by atoms with Crippen LogP contribution in [-0.2, 0) is 0 Å². The van der Waals surface area contributed by atoms with E-state index in [0.717, 1.165) is 27.7 Å². The highest BCUT2D eigenvalue weighted by Gasteiger charge is 2.27. The largest absolute Gasteiger partial charge is 0.356 e. The lowest BCUT2D eigenvalue weighted by molar-refractivity contribution is 0.968. The third-order valence-corrected chi connectivity index (χ3v) is 5.27. The highest BCUT2D eigenvalue weighted by atomic mass is 35.5.